The lowest BCUT2D eigenvalue weighted by Crippen LogP contribution is -2.42. The van der Waals surface area contributed by atoms with Crippen LogP contribution in [0.25, 0.3) is 0 Å². The van der Waals surface area contributed by atoms with Gasteiger partial charge in [0.2, 0.25) is 0 Å². The summed E-state index contributed by atoms with van der Waals surface area (Å²) >= 11 is 0. The SMILES string of the molecule is NC(CCC(O)(c1ccccc1)C1CCNCC1)c1ccccc1. The van der Waals surface area contributed by atoms with Crippen LogP contribution in [0.1, 0.15) is 42.9 Å². The fourth-order valence-electron chi connectivity index (χ4n) is 3.85. The van der Waals surface area contributed by atoms with Gasteiger partial charge >= 0.3 is 0 Å². The Morgan fingerprint density at radius 3 is 2.21 bits per heavy atom. The van der Waals surface area contributed by atoms with Crippen LogP contribution in [0.2, 0.25) is 0 Å². The standard InChI is InChI=1S/C21H28N2O/c22-20(17-7-3-1-4-8-17)11-14-21(24,18-9-5-2-6-10-18)19-12-15-23-16-13-19/h1-10,19-20,23-24H,11-16,22H2. The highest BCUT2D eigenvalue weighted by Crippen LogP contribution is 2.40. The quantitative estimate of drug-likeness (QED) is 0.764. The van der Waals surface area contributed by atoms with E-state index in [1.165, 1.54) is 0 Å². The van der Waals surface area contributed by atoms with E-state index in [4.69, 9.17) is 5.73 Å². The van der Waals surface area contributed by atoms with E-state index in [2.05, 4.69) is 29.6 Å². The number of benzene rings is 2. The summed E-state index contributed by atoms with van der Waals surface area (Å²) < 4.78 is 0. The van der Waals surface area contributed by atoms with Crippen molar-refractivity contribution in [3.63, 3.8) is 0 Å². The molecule has 128 valence electrons. The average Bonchev–Trinajstić information content (AvgIpc) is 2.68. The number of rotatable bonds is 6. The fraction of sp³-hybridized carbons (Fsp3) is 0.429. The molecule has 0 spiro atoms. The normalized spacial score (nSPS) is 19.6. The Labute approximate surface area is 144 Å². The molecule has 4 N–H and O–H groups in total. The fourth-order valence-corrected chi connectivity index (χ4v) is 3.85. The summed E-state index contributed by atoms with van der Waals surface area (Å²) in [7, 11) is 0. The van der Waals surface area contributed by atoms with E-state index in [9.17, 15) is 5.11 Å². The first kappa shape index (κ1) is 17.2. The highest BCUT2D eigenvalue weighted by atomic mass is 16.3. The van der Waals surface area contributed by atoms with Crippen molar-refractivity contribution in [3.05, 3.63) is 71.8 Å². The molecule has 0 bridgehead atoms. The number of piperidine rings is 1. The van der Waals surface area contributed by atoms with Crippen LogP contribution in [-0.2, 0) is 5.60 Å². The van der Waals surface area contributed by atoms with Gasteiger partial charge in [-0.25, -0.2) is 0 Å². The van der Waals surface area contributed by atoms with Gasteiger partial charge in [-0.3, -0.25) is 0 Å². The van der Waals surface area contributed by atoms with Gasteiger partial charge < -0.3 is 16.2 Å². The third-order valence-electron chi connectivity index (χ3n) is 5.35. The van der Waals surface area contributed by atoms with Crippen LogP contribution >= 0.6 is 0 Å². The van der Waals surface area contributed by atoms with E-state index >= 15 is 0 Å². The second-order valence-electron chi connectivity index (χ2n) is 6.87. The minimum absolute atomic E-state index is 0.0387. The smallest absolute Gasteiger partial charge is 0.0926 e. The van der Waals surface area contributed by atoms with Crippen molar-refractivity contribution in [1.29, 1.82) is 0 Å². The number of aliphatic hydroxyl groups is 1. The molecule has 0 amide bonds. The van der Waals surface area contributed by atoms with Gasteiger partial charge in [0.1, 0.15) is 0 Å². The first-order chi connectivity index (χ1) is 11.7. The summed E-state index contributed by atoms with van der Waals surface area (Å²) in [4.78, 5) is 0. The molecule has 24 heavy (non-hydrogen) atoms. The molecule has 1 aliphatic heterocycles. The molecular formula is C21H28N2O. The maximum Gasteiger partial charge on any atom is 0.0926 e. The van der Waals surface area contributed by atoms with Crippen molar-refractivity contribution >= 4 is 0 Å². The van der Waals surface area contributed by atoms with Crippen LogP contribution in [-0.4, -0.2) is 18.2 Å². The molecule has 2 unspecified atom stereocenters. The van der Waals surface area contributed by atoms with Crippen LogP contribution in [0.3, 0.4) is 0 Å². The highest BCUT2D eigenvalue weighted by molar-refractivity contribution is 5.24. The Kier molecular flexibility index (Phi) is 5.67. The molecular weight excluding hydrogens is 296 g/mol. The summed E-state index contributed by atoms with van der Waals surface area (Å²) in [5, 5.41) is 15.0. The lowest BCUT2D eigenvalue weighted by atomic mass is 9.73. The Morgan fingerprint density at radius 2 is 1.58 bits per heavy atom. The monoisotopic (exact) mass is 324 g/mol. The van der Waals surface area contributed by atoms with Crippen LogP contribution in [0.5, 0.6) is 0 Å². The van der Waals surface area contributed by atoms with Crippen molar-refractivity contribution in [2.75, 3.05) is 13.1 Å². The largest absolute Gasteiger partial charge is 0.385 e. The molecule has 3 nitrogen and oxygen atoms in total. The second-order valence-corrected chi connectivity index (χ2v) is 6.87. The highest BCUT2D eigenvalue weighted by Gasteiger charge is 2.38. The van der Waals surface area contributed by atoms with Crippen molar-refractivity contribution in [3.8, 4) is 0 Å². The molecule has 1 fully saturated rings. The molecule has 2 atom stereocenters. The maximum atomic E-state index is 11.6. The summed E-state index contributed by atoms with van der Waals surface area (Å²) in [5.41, 5.74) is 7.75. The lowest BCUT2D eigenvalue weighted by Gasteiger charge is -2.40. The molecule has 0 aliphatic carbocycles. The first-order valence-corrected chi connectivity index (χ1v) is 8.99. The molecule has 1 saturated heterocycles. The van der Waals surface area contributed by atoms with Crippen LogP contribution in [0.4, 0.5) is 0 Å². The van der Waals surface area contributed by atoms with Gasteiger partial charge in [0, 0.05) is 6.04 Å². The molecule has 1 aliphatic rings. The zero-order valence-electron chi connectivity index (χ0n) is 14.2. The molecule has 1 heterocycles. The number of nitrogens with one attached hydrogen (secondary N) is 1. The number of hydrogen-bond acceptors (Lipinski definition) is 3. The molecule has 2 aromatic rings. The third kappa shape index (κ3) is 3.86. The van der Waals surface area contributed by atoms with Gasteiger partial charge in [0.05, 0.1) is 5.60 Å². The van der Waals surface area contributed by atoms with Gasteiger partial charge in [-0.1, -0.05) is 60.7 Å². The average molecular weight is 324 g/mol. The van der Waals surface area contributed by atoms with Crippen LogP contribution < -0.4 is 11.1 Å². The van der Waals surface area contributed by atoms with E-state index < -0.39 is 5.60 Å². The zero-order valence-corrected chi connectivity index (χ0v) is 14.2. The summed E-state index contributed by atoms with van der Waals surface area (Å²) in [6, 6.07) is 20.3. The minimum atomic E-state index is -0.796. The molecule has 2 aromatic carbocycles. The van der Waals surface area contributed by atoms with Gasteiger partial charge in [0.15, 0.2) is 0 Å². The topological polar surface area (TPSA) is 58.3 Å². The zero-order chi connectivity index (χ0) is 16.8. The van der Waals surface area contributed by atoms with E-state index in [1.54, 1.807) is 0 Å². The van der Waals surface area contributed by atoms with E-state index in [-0.39, 0.29) is 12.0 Å². The number of nitrogens with two attached hydrogens (primary N) is 1. The lowest BCUT2D eigenvalue weighted by molar-refractivity contribution is -0.0462. The molecule has 0 saturated carbocycles. The van der Waals surface area contributed by atoms with Gasteiger partial charge in [0.25, 0.3) is 0 Å². The van der Waals surface area contributed by atoms with E-state index in [1.807, 2.05) is 36.4 Å². The maximum absolute atomic E-state index is 11.6. The van der Waals surface area contributed by atoms with Crippen molar-refractivity contribution in [1.82, 2.24) is 5.32 Å². The summed E-state index contributed by atoms with van der Waals surface area (Å²) in [6.07, 6.45) is 3.48. The third-order valence-corrected chi connectivity index (χ3v) is 5.35. The molecule has 3 heteroatoms. The first-order valence-electron chi connectivity index (χ1n) is 8.99. The molecule has 0 aromatic heterocycles. The predicted molar refractivity (Wildman–Crippen MR) is 98.5 cm³/mol. The van der Waals surface area contributed by atoms with Crippen molar-refractivity contribution in [2.45, 2.75) is 37.3 Å². The van der Waals surface area contributed by atoms with Gasteiger partial charge in [-0.05, 0) is 55.8 Å². The van der Waals surface area contributed by atoms with Gasteiger partial charge in [-0.15, -0.1) is 0 Å². The van der Waals surface area contributed by atoms with E-state index in [0.717, 1.165) is 43.5 Å². The van der Waals surface area contributed by atoms with E-state index in [0.29, 0.717) is 6.42 Å². The Bertz CT molecular complexity index is 610. The predicted octanol–water partition coefficient (Wildman–Crippen LogP) is 3.35. The Balaban J connectivity index is 1.77. The molecule has 0 radical (unpaired) electrons. The Morgan fingerprint density at radius 1 is 1.00 bits per heavy atom. The van der Waals surface area contributed by atoms with Crippen molar-refractivity contribution in [2.24, 2.45) is 11.7 Å². The van der Waals surface area contributed by atoms with Crippen LogP contribution in [0, 0.1) is 5.92 Å². The van der Waals surface area contributed by atoms with Crippen molar-refractivity contribution < 1.29 is 5.11 Å². The summed E-state index contributed by atoms with van der Waals surface area (Å²) in [5.74, 6) is 0.282. The minimum Gasteiger partial charge on any atom is -0.385 e. The Hall–Kier alpha value is -1.68. The van der Waals surface area contributed by atoms with Gasteiger partial charge in [-0.2, -0.15) is 0 Å². The number of hydrogen-bond donors (Lipinski definition) is 3. The summed E-state index contributed by atoms with van der Waals surface area (Å²) in [6.45, 7) is 1.95. The molecule has 3 rings (SSSR count). The van der Waals surface area contributed by atoms with Crippen LogP contribution in [0.15, 0.2) is 60.7 Å². The second kappa shape index (κ2) is 7.93.